The predicted octanol–water partition coefficient (Wildman–Crippen LogP) is 1.47. The maximum absolute atomic E-state index is 11.7. The fourth-order valence-electron chi connectivity index (χ4n) is 1.18. The molecule has 94 valence electrons. The minimum atomic E-state index is -0.304. The average molecular weight is 258 g/mol. The Kier molecular flexibility index (Phi) is 5.18. The Morgan fingerprint density at radius 1 is 1.65 bits per heavy atom. The van der Waals surface area contributed by atoms with Gasteiger partial charge in [-0.15, -0.1) is 0 Å². The summed E-state index contributed by atoms with van der Waals surface area (Å²) in [7, 11) is 0. The molecule has 1 aromatic rings. The number of nitrogens with one attached hydrogen (secondary N) is 1. The van der Waals surface area contributed by atoms with E-state index in [9.17, 15) is 4.79 Å². The third-order valence-electron chi connectivity index (χ3n) is 1.94. The van der Waals surface area contributed by atoms with Crippen molar-refractivity contribution < 1.29 is 9.53 Å². The lowest BCUT2D eigenvalue weighted by Crippen LogP contribution is -2.28. The number of aromatic nitrogens is 1. The van der Waals surface area contributed by atoms with E-state index in [0.717, 1.165) is 0 Å². The molecule has 0 aromatic carbocycles. The summed E-state index contributed by atoms with van der Waals surface area (Å²) in [6, 6.07) is 1.49. The van der Waals surface area contributed by atoms with Gasteiger partial charge in [-0.05, 0) is 19.9 Å². The van der Waals surface area contributed by atoms with Crippen molar-refractivity contribution in [2.75, 3.05) is 18.9 Å². The fraction of sp³-hybridized carbons (Fsp3) is 0.455. The predicted molar refractivity (Wildman–Crippen MR) is 67.1 cm³/mol. The molecule has 0 saturated heterocycles. The molecule has 1 rings (SSSR count). The Morgan fingerprint density at radius 2 is 2.35 bits per heavy atom. The van der Waals surface area contributed by atoms with Gasteiger partial charge in [0.15, 0.2) is 0 Å². The molecule has 6 heteroatoms. The molecule has 3 N–H and O–H groups in total. The van der Waals surface area contributed by atoms with Gasteiger partial charge < -0.3 is 15.8 Å². The van der Waals surface area contributed by atoms with Crippen LogP contribution < -0.4 is 11.1 Å². The summed E-state index contributed by atoms with van der Waals surface area (Å²) in [5.74, 6) is -0.304. The van der Waals surface area contributed by atoms with Crippen molar-refractivity contribution >= 4 is 23.2 Å². The van der Waals surface area contributed by atoms with E-state index in [1.165, 1.54) is 12.3 Å². The van der Waals surface area contributed by atoms with Crippen LogP contribution in [0.4, 0.5) is 5.69 Å². The van der Waals surface area contributed by atoms with Gasteiger partial charge in [-0.1, -0.05) is 11.6 Å². The van der Waals surface area contributed by atoms with Crippen LogP contribution in [0.5, 0.6) is 0 Å². The highest BCUT2D eigenvalue weighted by Gasteiger charge is 2.11. The van der Waals surface area contributed by atoms with E-state index >= 15 is 0 Å². The van der Waals surface area contributed by atoms with Gasteiger partial charge in [0, 0.05) is 6.54 Å². The third-order valence-corrected chi connectivity index (χ3v) is 2.24. The van der Waals surface area contributed by atoms with Gasteiger partial charge >= 0.3 is 0 Å². The summed E-state index contributed by atoms with van der Waals surface area (Å²) in [5, 5.41) is 2.82. The van der Waals surface area contributed by atoms with E-state index < -0.39 is 0 Å². The molecule has 0 bridgehead atoms. The van der Waals surface area contributed by atoms with Crippen LogP contribution in [0.2, 0.25) is 5.15 Å². The topological polar surface area (TPSA) is 77.2 Å². The molecule has 1 heterocycles. The Morgan fingerprint density at radius 3 is 3.00 bits per heavy atom. The smallest absolute Gasteiger partial charge is 0.254 e. The molecule has 5 nitrogen and oxygen atoms in total. The van der Waals surface area contributed by atoms with Crippen LogP contribution in [0.3, 0.4) is 0 Å². The SMILES string of the molecule is CC(C)OCCNC(=O)c1cc(N)cnc1Cl. The number of rotatable bonds is 5. The van der Waals surface area contributed by atoms with E-state index in [4.69, 9.17) is 22.1 Å². The zero-order valence-electron chi connectivity index (χ0n) is 9.87. The lowest BCUT2D eigenvalue weighted by molar-refractivity contribution is 0.0746. The van der Waals surface area contributed by atoms with Crippen LogP contribution >= 0.6 is 11.6 Å². The quantitative estimate of drug-likeness (QED) is 0.619. The maximum atomic E-state index is 11.7. The summed E-state index contributed by atoms with van der Waals surface area (Å²) in [5.41, 5.74) is 6.21. The van der Waals surface area contributed by atoms with Crippen LogP contribution in [0, 0.1) is 0 Å². The zero-order valence-corrected chi connectivity index (χ0v) is 10.6. The third kappa shape index (κ3) is 4.58. The van der Waals surface area contributed by atoms with E-state index in [1.54, 1.807) is 0 Å². The number of nitrogens with zero attached hydrogens (tertiary/aromatic N) is 1. The van der Waals surface area contributed by atoms with Crippen molar-refractivity contribution in [1.82, 2.24) is 10.3 Å². The number of nitrogens with two attached hydrogens (primary N) is 1. The maximum Gasteiger partial charge on any atom is 0.254 e. The van der Waals surface area contributed by atoms with Crippen LogP contribution in [-0.2, 0) is 4.74 Å². The normalized spacial score (nSPS) is 10.6. The second-order valence-corrected chi connectivity index (χ2v) is 4.14. The van der Waals surface area contributed by atoms with Gasteiger partial charge in [-0.2, -0.15) is 0 Å². The van der Waals surface area contributed by atoms with Crippen molar-refractivity contribution in [3.05, 3.63) is 23.0 Å². The molecule has 1 aromatic heterocycles. The van der Waals surface area contributed by atoms with Crippen molar-refractivity contribution in [2.45, 2.75) is 20.0 Å². The van der Waals surface area contributed by atoms with Gasteiger partial charge in [0.05, 0.1) is 30.2 Å². The van der Waals surface area contributed by atoms with Crippen molar-refractivity contribution in [3.8, 4) is 0 Å². The second kappa shape index (κ2) is 6.42. The number of hydrogen-bond acceptors (Lipinski definition) is 4. The van der Waals surface area contributed by atoms with Gasteiger partial charge in [0.1, 0.15) is 5.15 Å². The molecule has 0 aliphatic carbocycles. The molecule has 0 radical (unpaired) electrons. The summed E-state index contributed by atoms with van der Waals surface area (Å²) in [4.78, 5) is 15.5. The molecular weight excluding hydrogens is 242 g/mol. The molecular formula is C11H16ClN3O2. The first-order chi connectivity index (χ1) is 8.00. The molecule has 0 unspecified atom stereocenters. The van der Waals surface area contributed by atoms with E-state index in [0.29, 0.717) is 18.8 Å². The molecule has 0 saturated carbocycles. The van der Waals surface area contributed by atoms with E-state index in [1.807, 2.05) is 13.8 Å². The van der Waals surface area contributed by atoms with E-state index in [-0.39, 0.29) is 22.7 Å². The Labute approximate surface area is 105 Å². The van der Waals surface area contributed by atoms with Crippen LogP contribution in [0.25, 0.3) is 0 Å². The highest BCUT2D eigenvalue weighted by molar-refractivity contribution is 6.32. The summed E-state index contributed by atoms with van der Waals surface area (Å²) in [6.45, 7) is 4.74. The van der Waals surface area contributed by atoms with Gasteiger partial charge in [0.2, 0.25) is 0 Å². The number of nitrogen functional groups attached to an aromatic ring is 1. The largest absolute Gasteiger partial charge is 0.397 e. The van der Waals surface area contributed by atoms with Crippen molar-refractivity contribution in [1.29, 1.82) is 0 Å². The molecule has 0 aliphatic rings. The van der Waals surface area contributed by atoms with Crippen LogP contribution in [0.1, 0.15) is 24.2 Å². The lowest BCUT2D eigenvalue weighted by atomic mass is 10.2. The minimum absolute atomic E-state index is 0.140. The molecule has 1 amide bonds. The average Bonchev–Trinajstić information content (AvgIpc) is 2.27. The number of halogens is 1. The number of anilines is 1. The van der Waals surface area contributed by atoms with Crippen molar-refractivity contribution in [2.24, 2.45) is 0 Å². The lowest BCUT2D eigenvalue weighted by Gasteiger charge is -2.09. The number of hydrogen-bond donors (Lipinski definition) is 2. The Balaban J connectivity index is 2.49. The molecule has 0 atom stereocenters. The molecule has 0 spiro atoms. The Bertz CT molecular complexity index is 396. The number of ether oxygens (including phenoxy) is 1. The number of carbonyl (C=O) groups excluding carboxylic acids is 1. The first kappa shape index (κ1) is 13.7. The minimum Gasteiger partial charge on any atom is -0.397 e. The highest BCUT2D eigenvalue weighted by Crippen LogP contribution is 2.15. The summed E-state index contributed by atoms with van der Waals surface area (Å²) >= 11 is 5.80. The first-order valence-electron chi connectivity index (χ1n) is 5.31. The molecule has 0 aliphatic heterocycles. The number of amides is 1. The van der Waals surface area contributed by atoms with Crippen molar-refractivity contribution in [3.63, 3.8) is 0 Å². The highest BCUT2D eigenvalue weighted by atomic mass is 35.5. The van der Waals surface area contributed by atoms with Gasteiger partial charge in [0.25, 0.3) is 5.91 Å². The van der Waals surface area contributed by atoms with Crippen LogP contribution in [-0.4, -0.2) is 30.1 Å². The fourth-order valence-corrected chi connectivity index (χ4v) is 1.37. The monoisotopic (exact) mass is 257 g/mol. The standard InChI is InChI=1S/C11H16ClN3O2/c1-7(2)17-4-3-14-11(16)9-5-8(13)6-15-10(9)12/h5-7H,3-4,13H2,1-2H3,(H,14,16). The molecule has 0 fully saturated rings. The number of carbonyl (C=O) groups is 1. The summed E-state index contributed by atoms with van der Waals surface area (Å²) < 4.78 is 5.29. The Hall–Kier alpha value is -1.33. The van der Waals surface area contributed by atoms with E-state index in [2.05, 4.69) is 10.3 Å². The first-order valence-corrected chi connectivity index (χ1v) is 5.69. The summed E-state index contributed by atoms with van der Waals surface area (Å²) in [6.07, 6.45) is 1.55. The second-order valence-electron chi connectivity index (χ2n) is 3.78. The van der Waals surface area contributed by atoms with Gasteiger partial charge in [-0.3, -0.25) is 4.79 Å². The van der Waals surface area contributed by atoms with Gasteiger partial charge in [-0.25, -0.2) is 4.98 Å². The molecule has 17 heavy (non-hydrogen) atoms. The van der Waals surface area contributed by atoms with Crippen LogP contribution in [0.15, 0.2) is 12.3 Å². The zero-order chi connectivity index (χ0) is 12.8. The number of pyridine rings is 1.